The van der Waals surface area contributed by atoms with Gasteiger partial charge in [0, 0.05) is 36.6 Å². The largest absolute Gasteiger partial charge is 0.303 e. The van der Waals surface area contributed by atoms with Gasteiger partial charge in [-0.15, -0.1) is 0 Å². The topological polar surface area (TPSA) is 21.1 Å². The van der Waals surface area contributed by atoms with Gasteiger partial charge in [-0.3, -0.25) is 4.90 Å². The molecule has 0 bridgehead atoms. The minimum Gasteiger partial charge on any atom is -0.303 e. The van der Waals surface area contributed by atoms with E-state index in [1.807, 2.05) is 0 Å². The summed E-state index contributed by atoms with van der Waals surface area (Å²) in [7, 11) is 0. The molecule has 0 aliphatic heterocycles. The van der Waals surface area contributed by atoms with Crippen LogP contribution in [0, 0.1) is 13.8 Å². The molecule has 0 fully saturated rings. The number of benzene rings is 3. The van der Waals surface area contributed by atoms with Crippen LogP contribution in [0.2, 0.25) is 0 Å². The van der Waals surface area contributed by atoms with Crippen molar-refractivity contribution in [3.8, 4) is 17.1 Å². The third kappa shape index (κ3) is 5.81. The highest BCUT2D eigenvalue weighted by atomic mass is 15.1. The minimum atomic E-state index is 0.947. The van der Waals surface area contributed by atoms with Gasteiger partial charge in [0.1, 0.15) is 5.82 Å². The third-order valence-electron chi connectivity index (χ3n) is 6.70. The molecule has 36 heavy (non-hydrogen) atoms. The van der Waals surface area contributed by atoms with Gasteiger partial charge in [-0.05, 0) is 61.2 Å². The minimum absolute atomic E-state index is 0.947. The summed E-state index contributed by atoms with van der Waals surface area (Å²) < 4.78 is 2.20. The molecule has 2 aromatic heterocycles. The van der Waals surface area contributed by atoms with Gasteiger partial charge in [0.25, 0.3) is 0 Å². The van der Waals surface area contributed by atoms with Crippen LogP contribution >= 0.6 is 0 Å². The highest BCUT2D eigenvalue weighted by Gasteiger charge is 2.10. The van der Waals surface area contributed by atoms with Crippen LogP contribution in [0.4, 0.5) is 0 Å². The Hall–Kier alpha value is -3.95. The molecule has 0 aliphatic rings. The molecule has 0 saturated heterocycles. The third-order valence-corrected chi connectivity index (χ3v) is 6.70. The van der Waals surface area contributed by atoms with Crippen molar-refractivity contribution in [2.75, 3.05) is 6.54 Å². The standard InChI is InChI=1S/C33H33N3/c1-26-16-17-27(2)36(26)33-15-9-14-32(34-33)31-20-18-28(19-21-31)22-23-35(24-29-10-5-3-6-11-29)25-30-12-7-4-8-13-30/h3-21H,22-25H2,1-2H3. The summed E-state index contributed by atoms with van der Waals surface area (Å²) >= 11 is 0. The zero-order chi connectivity index (χ0) is 24.7. The lowest BCUT2D eigenvalue weighted by Crippen LogP contribution is -2.25. The van der Waals surface area contributed by atoms with Crippen molar-refractivity contribution < 1.29 is 0 Å². The second-order valence-corrected chi connectivity index (χ2v) is 9.46. The number of rotatable bonds is 9. The fourth-order valence-electron chi connectivity index (χ4n) is 4.77. The first-order valence-electron chi connectivity index (χ1n) is 12.7. The maximum absolute atomic E-state index is 4.96. The summed E-state index contributed by atoms with van der Waals surface area (Å²) in [5, 5.41) is 0. The monoisotopic (exact) mass is 471 g/mol. The van der Waals surface area contributed by atoms with Gasteiger partial charge in [-0.1, -0.05) is 91.0 Å². The number of hydrogen-bond acceptors (Lipinski definition) is 2. The van der Waals surface area contributed by atoms with Crippen molar-refractivity contribution in [3.05, 3.63) is 143 Å². The van der Waals surface area contributed by atoms with Crippen molar-refractivity contribution in [1.29, 1.82) is 0 Å². The SMILES string of the molecule is Cc1ccc(C)n1-c1cccc(-c2ccc(CCN(Cc3ccccc3)Cc3ccccc3)cc2)n1. The van der Waals surface area contributed by atoms with Crippen LogP contribution in [-0.4, -0.2) is 21.0 Å². The first kappa shape index (κ1) is 23.8. The molecule has 5 rings (SSSR count). The molecule has 0 N–H and O–H groups in total. The highest BCUT2D eigenvalue weighted by molar-refractivity contribution is 5.60. The van der Waals surface area contributed by atoms with Crippen molar-refractivity contribution in [3.63, 3.8) is 0 Å². The summed E-state index contributed by atoms with van der Waals surface area (Å²) in [5.41, 5.74) is 8.59. The van der Waals surface area contributed by atoms with E-state index < -0.39 is 0 Å². The maximum atomic E-state index is 4.96. The average Bonchev–Trinajstić information content (AvgIpc) is 3.26. The Morgan fingerprint density at radius 1 is 0.583 bits per heavy atom. The molecule has 3 aromatic carbocycles. The lowest BCUT2D eigenvalue weighted by Gasteiger charge is -2.23. The molecule has 3 heteroatoms. The Bertz CT molecular complexity index is 1330. The summed E-state index contributed by atoms with van der Waals surface area (Å²) in [6, 6.07) is 40.9. The van der Waals surface area contributed by atoms with Crippen molar-refractivity contribution in [2.45, 2.75) is 33.4 Å². The summed E-state index contributed by atoms with van der Waals surface area (Å²) in [5.74, 6) is 0.967. The van der Waals surface area contributed by atoms with Crippen LogP contribution in [0.5, 0.6) is 0 Å². The maximum Gasteiger partial charge on any atom is 0.137 e. The van der Waals surface area contributed by atoms with Gasteiger partial charge in [0.05, 0.1) is 5.69 Å². The van der Waals surface area contributed by atoms with E-state index in [-0.39, 0.29) is 0 Å². The van der Waals surface area contributed by atoms with E-state index in [9.17, 15) is 0 Å². The van der Waals surface area contributed by atoms with E-state index in [1.165, 1.54) is 28.1 Å². The molecule has 3 nitrogen and oxygen atoms in total. The lowest BCUT2D eigenvalue weighted by atomic mass is 10.1. The zero-order valence-electron chi connectivity index (χ0n) is 21.1. The van der Waals surface area contributed by atoms with Crippen molar-refractivity contribution in [2.24, 2.45) is 0 Å². The molecule has 0 amide bonds. The fraction of sp³-hybridized carbons (Fsp3) is 0.182. The number of aromatic nitrogens is 2. The summed E-state index contributed by atoms with van der Waals surface area (Å²) in [4.78, 5) is 7.49. The van der Waals surface area contributed by atoms with E-state index in [0.717, 1.165) is 43.1 Å². The van der Waals surface area contributed by atoms with E-state index in [4.69, 9.17) is 4.98 Å². The van der Waals surface area contributed by atoms with Gasteiger partial charge < -0.3 is 4.57 Å². The predicted molar refractivity (Wildman–Crippen MR) is 149 cm³/mol. The number of nitrogens with zero attached hydrogens (tertiary/aromatic N) is 3. The van der Waals surface area contributed by atoms with Crippen LogP contribution in [0.25, 0.3) is 17.1 Å². The Kier molecular flexibility index (Phi) is 7.39. The molecule has 2 heterocycles. The molecule has 180 valence electrons. The molecule has 5 aromatic rings. The van der Waals surface area contributed by atoms with Crippen LogP contribution in [-0.2, 0) is 19.5 Å². The second-order valence-electron chi connectivity index (χ2n) is 9.46. The normalized spacial score (nSPS) is 11.2. The Labute approximate surface area is 214 Å². The van der Waals surface area contributed by atoms with Gasteiger partial charge in [0.15, 0.2) is 0 Å². The van der Waals surface area contributed by atoms with Crippen LogP contribution in [0.3, 0.4) is 0 Å². The van der Waals surface area contributed by atoms with Gasteiger partial charge in [-0.25, -0.2) is 4.98 Å². The average molecular weight is 472 g/mol. The van der Waals surface area contributed by atoms with Crippen LogP contribution in [0.15, 0.2) is 115 Å². The number of hydrogen-bond donors (Lipinski definition) is 0. The highest BCUT2D eigenvalue weighted by Crippen LogP contribution is 2.22. The van der Waals surface area contributed by atoms with E-state index in [2.05, 4.69) is 139 Å². The molecular formula is C33H33N3. The molecule has 0 unspecified atom stereocenters. The molecule has 0 atom stereocenters. The fourth-order valence-corrected chi connectivity index (χ4v) is 4.77. The van der Waals surface area contributed by atoms with E-state index in [1.54, 1.807) is 0 Å². The van der Waals surface area contributed by atoms with Gasteiger partial charge >= 0.3 is 0 Å². The first-order chi connectivity index (χ1) is 17.7. The molecule has 0 radical (unpaired) electrons. The molecule has 0 saturated carbocycles. The smallest absolute Gasteiger partial charge is 0.137 e. The van der Waals surface area contributed by atoms with Crippen LogP contribution < -0.4 is 0 Å². The van der Waals surface area contributed by atoms with E-state index >= 15 is 0 Å². The van der Waals surface area contributed by atoms with Gasteiger partial charge in [0.2, 0.25) is 0 Å². The summed E-state index contributed by atoms with van der Waals surface area (Å²) in [6.07, 6.45) is 1.01. The van der Waals surface area contributed by atoms with E-state index in [0.29, 0.717) is 0 Å². The van der Waals surface area contributed by atoms with Gasteiger partial charge in [-0.2, -0.15) is 0 Å². The molecular weight excluding hydrogens is 438 g/mol. The van der Waals surface area contributed by atoms with Crippen molar-refractivity contribution in [1.82, 2.24) is 14.5 Å². The zero-order valence-corrected chi connectivity index (χ0v) is 21.1. The lowest BCUT2D eigenvalue weighted by molar-refractivity contribution is 0.260. The van der Waals surface area contributed by atoms with Crippen LogP contribution in [0.1, 0.15) is 28.1 Å². The Balaban J connectivity index is 1.28. The second kappa shape index (κ2) is 11.2. The summed E-state index contributed by atoms with van der Waals surface area (Å²) in [6.45, 7) is 7.14. The Morgan fingerprint density at radius 2 is 1.17 bits per heavy atom. The molecule has 0 spiro atoms. The quantitative estimate of drug-likeness (QED) is 0.223. The number of pyridine rings is 1. The Morgan fingerprint density at radius 3 is 1.75 bits per heavy atom. The first-order valence-corrected chi connectivity index (χ1v) is 12.7. The number of aryl methyl sites for hydroxylation is 2. The van der Waals surface area contributed by atoms with Crippen molar-refractivity contribution >= 4 is 0 Å². The molecule has 0 aliphatic carbocycles. The predicted octanol–water partition coefficient (Wildman–Crippen LogP) is 7.40.